The van der Waals surface area contributed by atoms with Crippen LogP contribution in [-0.2, 0) is 12.1 Å². The molecule has 130 valence electrons. The van der Waals surface area contributed by atoms with Gasteiger partial charge in [-0.3, -0.25) is 10.1 Å². The van der Waals surface area contributed by atoms with Gasteiger partial charge in [-0.1, -0.05) is 71.9 Å². The number of rotatable bonds is 4. The predicted molar refractivity (Wildman–Crippen MR) is 99.0 cm³/mol. The van der Waals surface area contributed by atoms with Crippen LogP contribution in [0.5, 0.6) is 0 Å². The zero-order valence-corrected chi connectivity index (χ0v) is 15.6. The monoisotopic (exact) mass is 327 g/mol. The predicted octanol–water partition coefficient (Wildman–Crippen LogP) is 3.88. The van der Waals surface area contributed by atoms with Gasteiger partial charge < -0.3 is 0 Å². The molecule has 0 aliphatic carbocycles. The van der Waals surface area contributed by atoms with Gasteiger partial charge in [-0.15, -0.1) is 0 Å². The minimum atomic E-state index is -0.0868. The molecule has 1 aromatic heterocycles. The molecule has 1 aromatic carbocycles. The summed E-state index contributed by atoms with van der Waals surface area (Å²) in [6, 6.07) is 13.9. The second-order valence-corrected chi connectivity index (χ2v) is 8.38. The summed E-state index contributed by atoms with van der Waals surface area (Å²) in [5.74, 6) is 0. The third-order valence-electron chi connectivity index (χ3n) is 4.08. The second-order valence-electron chi connectivity index (χ2n) is 8.38. The average molecular weight is 327 g/mol. The van der Waals surface area contributed by atoms with E-state index in [1.807, 2.05) is 24.3 Å². The van der Waals surface area contributed by atoms with Crippen LogP contribution in [0, 0.1) is 5.41 Å². The standard InChI is InChI=1S/C20H29N3O/c1-19(2,3)16-12-13-17(24)23(22-16)14-21-18(20(4,5)6)15-10-8-7-9-11-15/h7-13,18,21H,14H2,1-6H3. The number of hydrogen-bond donors (Lipinski definition) is 1. The molecule has 2 aromatic rings. The fourth-order valence-corrected chi connectivity index (χ4v) is 2.71. The van der Waals surface area contributed by atoms with E-state index in [2.05, 4.69) is 64.1 Å². The summed E-state index contributed by atoms with van der Waals surface area (Å²) in [5, 5.41) is 8.05. The van der Waals surface area contributed by atoms with E-state index >= 15 is 0 Å². The average Bonchev–Trinajstić information content (AvgIpc) is 2.48. The molecule has 1 atom stereocenters. The number of nitrogens with one attached hydrogen (secondary N) is 1. The summed E-state index contributed by atoms with van der Waals surface area (Å²) in [6.07, 6.45) is 0. The number of aromatic nitrogens is 2. The lowest BCUT2D eigenvalue weighted by molar-refractivity contribution is 0.249. The molecule has 1 N–H and O–H groups in total. The second kappa shape index (κ2) is 6.89. The molecule has 0 aliphatic rings. The maximum Gasteiger partial charge on any atom is 0.267 e. The Bertz CT molecular complexity index is 721. The van der Waals surface area contributed by atoms with Crippen LogP contribution in [-0.4, -0.2) is 9.78 Å². The highest BCUT2D eigenvalue weighted by Crippen LogP contribution is 2.32. The van der Waals surface area contributed by atoms with Gasteiger partial charge in [0.1, 0.15) is 0 Å². The maximum absolute atomic E-state index is 12.2. The minimum absolute atomic E-state index is 0.0204. The third kappa shape index (κ3) is 4.54. The van der Waals surface area contributed by atoms with Crippen molar-refractivity contribution in [3.05, 3.63) is 64.1 Å². The van der Waals surface area contributed by atoms with Gasteiger partial charge in [-0.25, -0.2) is 4.68 Å². The zero-order chi connectivity index (χ0) is 18.0. The molecule has 0 aliphatic heterocycles. The molecule has 0 saturated carbocycles. The molecule has 4 heteroatoms. The van der Waals surface area contributed by atoms with E-state index < -0.39 is 0 Å². The first-order valence-electron chi connectivity index (χ1n) is 8.46. The van der Waals surface area contributed by atoms with E-state index in [9.17, 15) is 4.79 Å². The van der Waals surface area contributed by atoms with E-state index in [1.165, 1.54) is 10.2 Å². The fourth-order valence-electron chi connectivity index (χ4n) is 2.71. The molecule has 0 fully saturated rings. The first kappa shape index (κ1) is 18.4. The smallest absolute Gasteiger partial charge is 0.267 e. The Kier molecular flexibility index (Phi) is 5.29. The van der Waals surface area contributed by atoms with Crippen molar-refractivity contribution < 1.29 is 0 Å². The summed E-state index contributed by atoms with van der Waals surface area (Å²) < 4.78 is 1.52. The van der Waals surface area contributed by atoms with E-state index in [0.717, 1.165) is 5.69 Å². The Hall–Kier alpha value is -1.94. The topological polar surface area (TPSA) is 46.9 Å². The Balaban J connectivity index is 2.26. The van der Waals surface area contributed by atoms with Crippen LogP contribution in [0.1, 0.15) is 58.8 Å². The van der Waals surface area contributed by atoms with Crippen molar-refractivity contribution in [2.45, 2.75) is 59.7 Å². The maximum atomic E-state index is 12.2. The molecule has 0 amide bonds. The molecule has 0 bridgehead atoms. The lowest BCUT2D eigenvalue weighted by Gasteiger charge is -2.32. The van der Waals surface area contributed by atoms with Gasteiger partial charge in [0.2, 0.25) is 0 Å². The van der Waals surface area contributed by atoms with Gasteiger partial charge in [0, 0.05) is 17.5 Å². The Morgan fingerprint density at radius 1 is 1.00 bits per heavy atom. The molecular weight excluding hydrogens is 298 g/mol. The third-order valence-corrected chi connectivity index (χ3v) is 4.08. The molecule has 2 rings (SSSR count). The van der Waals surface area contributed by atoms with Crippen molar-refractivity contribution in [1.82, 2.24) is 15.1 Å². The minimum Gasteiger partial charge on any atom is -0.291 e. The van der Waals surface area contributed by atoms with Crippen LogP contribution in [0.4, 0.5) is 0 Å². The summed E-state index contributed by atoms with van der Waals surface area (Å²) in [5.41, 5.74) is 1.97. The summed E-state index contributed by atoms with van der Waals surface area (Å²) in [7, 11) is 0. The van der Waals surface area contributed by atoms with Crippen molar-refractivity contribution in [1.29, 1.82) is 0 Å². The molecule has 4 nitrogen and oxygen atoms in total. The quantitative estimate of drug-likeness (QED) is 0.927. The first-order chi connectivity index (χ1) is 11.1. The zero-order valence-electron chi connectivity index (χ0n) is 15.6. The van der Waals surface area contributed by atoms with Crippen LogP contribution in [0.25, 0.3) is 0 Å². The SMILES string of the molecule is CC(C)(C)c1ccc(=O)n(CNC(c2ccccc2)C(C)(C)C)n1. The lowest BCUT2D eigenvalue weighted by atomic mass is 9.82. The van der Waals surface area contributed by atoms with Crippen LogP contribution >= 0.6 is 0 Å². The van der Waals surface area contributed by atoms with Gasteiger partial charge in [0.15, 0.2) is 0 Å². The largest absolute Gasteiger partial charge is 0.291 e. The molecule has 24 heavy (non-hydrogen) atoms. The van der Waals surface area contributed by atoms with Crippen molar-refractivity contribution in [3.63, 3.8) is 0 Å². The summed E-state index contributed by atoms with van der Waals surface area (Å²) in [6.45, 7) is 13.3. The van der Waals surface area contributed by atoms with Crippen molar-refractivity contribution >= 4 is 0 Å². The van der Waals surface area contributed by atoms with E-state index in [4.69, 9.17) is 0 Å². The molecule has 1 heterocycles. The van der Waals surface area contributed by atoms with E-state index in [-0.39, 0.29) is 22.4 Å². The van der Waals surface area contributed by atoms with Gasteiger partial charge in [-0.2, -0.15) is 5.10 Å². The van der Waals surface area contributed by atoms with Crippen molar-refractivity contribution in [2.24, 2.45) is 5.41 Å². The normalized spacial score (nSPS) is 13.8. The highest BCUT2D eigenvalue weighted by Gasteiger charge is 2.26. The van der Waals surface area contributed by atoms with Gasteiger partial charge >= 0.3 is 0 Å². The molecule has 0 spiro atoms. The molecule has 0 saturated heterocycles. The summed E-state index contributed by atoms with van der Waals surface area (Å²) >= 11 is 0. The number of nitrogens with zero attached hydrogens (tertiary/aromatic N) is 2. The van der Waals surface area contributed by atoms with Crippen LogP contribution < -0.4 is 10.9 Å². The van der Waals surface area contributed by atoms with E-state index in [1.54, 1.807) is 6.07 Å². The molecule has 1 unspecified atom stereocenters. The molecular formula is C20H29N3O. The van der Waals surface area contributed by atoms with Gasteiger partial charge in [0.25, 0.3) is 5.56 Å². The highest BCUT2D eigenvalue weighted by molar-refractivity contribution is 5.20. The summed E-state index contributed by atoms with van der Waals surface area (Å²) in [4.78, 5) is 12.2. The Morgan fingerprint density at radius 2 is 1.62 bits per heavy atom. The first-order valence-corrected chi connectivity index (χ1v) is 8.46. The van der Waals surface area contributed by atoms with E-state index in [0.29, 0.717) is 6.67 Å². The van der Waals surface area contributed by atoms with Crippen LogP contribution in [0.3, 0.4) is 0 Å². The Morgan fingerprint density at radius 3 is 2.17 bits per heavy atom. The van der Waals surface area contributed by atoms with Gasteiger partial charge in [0.05, 0.1) is 12.4 Å². The highest BCUT2D eigenvalue weighted by atomic mass is 16.1. The van der Waals surface area contributed by atoms with Crippen molar-refractivity contribution in [3.8, 4) is 0 Å². The van der Waals surface area contributed by atoms with Crippen LogP contribution in [0.15, 0.2) is 47.3 Å². The Labute approximate surface area is 144 Å². The van der Waals surface area contributed by atoms with Crippen LogP contribution in [0.2, 0.25) is 0 Å². The molecule has 0 radical (unpaired) electrons. The van der Waals surface area contributed by atoms with Gasteiger partial charge in [-0.05, 0) is 17.0 Å². The lowest BCUT2D eigenvalue weighted by Crippen LogP contribution is -2.38. The van der Waals surface area contributed by atoms with Crippen molar-refractivity contribution in [2.75, 3.05) is 0 Å². The number of hydrogen-bond acceptors (Lipinski definition) is 3. The number of benzene rings is 1. The fraction of sp³-hybridized carbons (Fsp3) is 0.500.